The van der Waals surface area contributed by atoms with Crippen LogP contribution in [0.5, 0.6) is 0 Å². The first-order chi connectivity index (χ1) is 9.70. The number of nitrogens with zero attached hydrogens (tertiary/aromatic N) is 4. The van der Waals surface area contributed by atoms with Crippen molar-refractivity contribution in [2.45, 2.75) is 26.0 Å². The number of halogens is 1. The number of imidazole rings is 1. The zero-order chi connectivity index (χ0) is 14.1. The lowest BCUT2D eigenvalue weighted by atomic mass is 10.3. The van der Waals surface area contributed by atoms with Crippen LogP contribution in [0.4, 0.5) is 0 Å². The van der Waals surface area contributed by atoms with E-state index in [1.54, 1.807) is 0 Å². The van der Waals surface area contributed by atoms with E-state index in [0.717, 1.165) is 35.6 Å². The maximum absolute atomic E-state index is 5.89. The Morgan fingerprint density at radius 2 is 2.25 bits per heavy atom. The van der Waals surface area contributed by atoms with Crippen LogP contribution in [0.15, 0.2) is 0 Å². The zero-order valence-electron chi connectivity index (χ0n) is 11.8. The Hall–Kier alpha value is -1.11. The minimum absolute atomic E-state index is 0.0606. The van der Waals surface area contributed by atoms with Gasteiger partial charge in [-0.25, -0.2) is 4.98 Å². The second-order valence-corrected chi connectivity index (χ2v) is 5.40. The molecule has 0 amide bonds. The van der Waals surface area contributed by atoms with Gasteiger partial charge in [-0.05, 0) is 6.92 Å². The van der Waals surface area contributed by atoms with Crippen LogP contribution in [0.1, 0.15) is 11.5 Å². The number of fused-ring (bicyclic) bond motifs is 1. The van der Waals surface area contributed by atoms with Gasteiger partial charge in [-0.2, -0.15) is 5.10 Å². The third-order valence-corrected chi connectivity index (χ3v) is 3.75. The minimum Gasteiger partial charge on any atom is -0.376 e. The van der Waals surface area contributed by atoms with Gasteiger partial charge in [0.2, 0.25) is 0 Å². The van der Waals surface area contributed by atoms with E-state index in [0.29, 0.717) is 25.7 Å². The van der Waals surface area contributed by atoms with Gasteiger partial charge in [-0.3, -0.25) is 4.68 Å². The lowest BCUT2D eigenvalue weighted by Crippen LogP contribution is -2.33. The summed E-state index contributed by atoms with van der Waals surface area (Å²) in [6.45, 7) is 4.65. The highest BCUT2D eigenvalue weighted by molar-refractivity contribution is 6.17. The third-order valence-electron chi connectivity index (χ3n) is 3.56. The smallest absolute Gasteiger partial charge is 0.158 e. The monoisotopic (exact) mass is 298 g/mol. The van der Waals surface area contributed by atoms with Gasteiger partial charge in [0, 0.05) is 19.3 Å². The molecule has 1 saturated heterocycles. The lowest BCUT2D eigenvalue weighted by molar-refractivity contribution is -0.0935. The topological polar surface area (TPSA) is 54.1 Å². The van der Waals surface area contributed by atoms with Crippen LogP contribution >= 0.6 is 11.6 Å². The first-order valence-corrected chi connectivity index (χ1v) is 7.38. The van der Waals surface area contributed by atoms with Crippen molar-refractivity contribution in [3.63, 3.8) is 0 Å². The summed E-state index contributed by atoms with van der Waals surface area (Å²) in [4.78, 5) is 4.69. The summed E-state index contributed by atoms with van der Waals surface area (Å²) in [6, 6.07) is 0. The normalized spacial score (nSPS) is 19.9. The zero-order valence-corrected chi connectivity index (χ0v) is 12.6. The van der Waals surface area contributed by atoms with E-state index in [2.05, 4.69) is 14.6 Å². The summed E-state index contributed by atoms with van der Waals surface area (Å²) in [6.07, 6.45) is 0.800. The predicted molar refractivity (Wildman–Crippen MR) is 76.2 cm³/mol. The van der Waals surface area contributed by atoms with E-state index in [9.17, 15) is 0 Å². The second kappa shape index (κ2) is 5.71. The first kappa shape index (κ1) is 13.9. The van der Waals surface area contributed by atoms with Crippen LogP contribution in [0.3, 0.4) is 0 Å². The Balaban J connectivity index is 1.98. The number of hydrogen-bond donors (Lipinski definition) is 0. The van der Waals surface area contributed by atoms with Gasteiger partial charge in [0.1, 0.15) is 11.3 Å². The molecule has 20 heavy (non-hydrogen) atoms. The molecule has 0 saturated carbocycles. The van der Waals surface area contributed by atoms with Crippen molar-refractivity contribution in [3.05, 3.63) is 11.5 Å². The summed E-state index contributed by atoms with van der Waals surface area (Å²) >= 11 is 5.89. The molecule has 0 N–H and O–H groups in total. The predicted octanol–water partition coefficient (Wildman–Crippen LogP) is 1.27. The largest absolute Gasteiger partial charge is 0.376 e. The fourth-order valence-electron chi connectivity index (χ4n) is 2.69. The fourth-order valence-corrected chi connectivity index (χ4v) is 2.86. The van der Waals surface area contributed by atoms with Gasteiger partial charge in [0.05, 0.1) is 38.2 Å². The molecule has 0 radical (unpaired) electrons. The number of aromatic nitrogens is 4. The molecule has 2 aromatic heterocycles. The molecule has 6 nitrogen and oxygen atoms in total. The molecule has 3 rings (SSSR count). The molecule has 0 aromatic carbocycles. The first-order valence-electron chi connectivity index (χ1n) is 6.84. The van der Waals surface area contributed by atoms with Crippen LogP contribution in [-0.2, 0) is 29.5 Å². The Morgan fingerprint density at radius 1 is 1.40 bits per heavy atom. The van der Waals surface area contributed by atoms with Crippen molar-refractivity contribution in [2.24, 2.45) is 7.05 Å². The summed E-state index contributed by atoms with van der Waals surface area (Å²) in [5.41, 5.74) is 2.92. The number of alkyl halides is 1. The highest BCUT2D eigenvalue weighted by Gasteiger charge is 2.21. The van der Waals surface area contributed by atoms with Crippen LogP contribution < -0.4 is 0 Å². The van der Waals surface area contributed by atoms with Crippen molar-refractivity contribution in [3.8, 4) is 0 Å². The van der Waals surface area contributed by atoms with Crippen molar-refractivity contribution in [1.82, 2.24) is 19.3 Å². The number of aryl methyl sites for hydroxylation is 3. The molecule has 0 spiro atoms. The number of rotatable bonds is 4. The van der Waals surface area contributed by atoms with E-state index < -0.39 is 0 Å². The van der Waals surface area contributed by atoms with Crippen molar-refractivity contribution >= 4 is 22.8 Å². The van der Waals surface area contributed by atoms with Crippen LogP contribution in [0.25, 0.3) is 11.2 Å². The molecule has 1 aliphatic rings. The molecule has 7 heteroatoms. The molecule has 2 aromatic rings. The Morgan fingerprint density at radius 3 is 2.95 bits per heavy atom. The van der Waals surface area contributed by atoms with Crippen molar-refractivity contribution < 1.29 is 9.47 Å². The van der Waals surface area contributed by atoms with Crippen molar-refractivity contribution in [1.29, 1.82) is 0 Å². The molecule has 110 valence electrons. The van der Waals surface area contributed by atoms with Gasteiger partial charge >= 0.3 is 0 Å². The summed E-state index contributed by atoms with van der Waals surface area (Å²) in [5, 5.41) is 4.43. The quantitative estimate of drug-likeness (QED) is 0.798. The van der Waals surface area contributed by atoms with Gasteiger partial charge in [-0.1, -0.05) is 0 Å². The van der Waals surface area contributed by atoms with Crippen LogP contribution in [0.2, 0.25) is 0 Å². The van der Waals surface area contributed by atoms with E-state index >= 15 is 0 Å². The average molecular weight is 299 g/mol. The fraction of sp³-hybridized carbons (Fsp3) is 0.692. The molecule has 0 bridgehead atoms. The molecular weight excluding hydrogens is 280 g/mol. The number of hydrogen-bond acceptors (Lipinski definition) is 4. The maximum Gasteiger partial charge on any atom is 0.158 e. The molecule has 1 aliphatic heterocycles. The summed E-state index contributed by atoms with van der Waals surface area (Å²) in [7, 11) is 1.94. The van der Waals surface area contributed by atoms with E-state index in [1.807, 2.05) is 18.7 Å². The Kier molecular flexibility index (Phi) is 3.96. The van der Waals surface area contributed by atoms with Gasteiger partial charge < -0.3 is 14.0 Å². The van der Waals surface area contributed by atoms with E-state index in [1.165, 1.54) is 0 Å². The standard InChI is InChI=1S/C13H19ClN4O2/c1-9-12-13(17(2)16-9)18(11(15-12)3-4-14)7-10-8-19-5-6-20-10/h10H,3-8H2,1-2H3. The Labute approximate surface area is 122 Å². The van der Waals surface area contributed by atoms with E-state index in [-0.39, 0.29) is 6.10 Å². The molecule has 1 unspecified atom stereocenters. The molecule has 1 atom stereocenters. The third kappa shape index (κ3) is 2.43. The van der Waals surface area contributed by atoms with Gasteiger partial charge in [0.25, 0.3) is 0 Å². The lowest BCUT2D eigenvalue weighted by Gasteiger charge is -2.24. The molecule has 0 aliphatic carbocycles. The molecular formula is C13H19ClN4O2. The van der Waals surface area contributed by atoms with Crippen molar-refractivity contribution in [2.75, 3.05) is 25.7 Å². The number of ether oxygens (including phenoxy) is 2. The molecule has 3 heterocycles. The highest BCUT2D eigenvalue weighted by atomic mass is 35.5. The van der Waals surface area contributed by atoms with Crippen LogP contribution in [-0.4, -0.2) is 51.1 Å². The second-order valence-electron chi connectivity index (χ2n) is 5.03. The SMILES string of the molecule is Cc1nn(C)c2c1nc(CCCl)n2CC1COCCO1. The summed E-state index contributed by atoms with van der Waals surface area (Å²) < 4.78 is 15.3. The summed E-state index contributed by atoms with van der Waals surface area (Å²) in [5.74, 6) is 1.54. The maximum atomic E-state index is 5.89. The average Bonchev–Trinajstić information content (AvgIpc) is 2.92. The highest BCUT2D eigenvalue weighted by Crippen LogP contribution is 2.21. The van der Waals surface area contributed by atoms with Gasteiger partial charge in [-0.15, -0.1) is 11.6 Å². The Bertz CT molecular complexity index is 601. The molecule has 1 fully saturated rings. The minimum atomic E-state index is 0.0606. The van der Waals surface area contributed by atoms with Crippen LogP contribution in [0, 0.1) is 6.92 Å². The van der Waals surface area contributed by atoms with E-state index in [4.69, 9.17) is 21.1 Å². The van der Waals surface area contributed by atoms with Gasteiger partial charge in [0.15, 0.2) is 5.65 Å².